The van der Waals surface area contributed by atoms with Crippen LogP contribution in [0.3, 0.4) is 0 Å². The summed E-state index contributed by atoms with van der Waals surface area (Å²) in [4.78, 5) is 2.78. The van der Waals surface area contributed by atoms with Gasteiger partial charge in [0.15, 0.2) is 0 Å². The van der Waals surface area contributed by atoms with Gasteiger partial charge < -0.3 is 5.32 Å². The summed E-state index contributed by atoms with van der Waals surface area (Å²) >= 11 is 1.85. The molecule has 0 bridgehead atoms. The van der Waals surface area contributed by atoms with E-state index in [2.05, 4.69) is 37.4 Å². The van der Waals surface area contributed by atoms with E-state index in [1.54, 1.807) is 0 Å². The minimum Gasteiger partial charge on any atom is -0.308 e. The lowest BCUT2D eigenvalue weighted by molar-refractivity contribution is 0.533. The van der Waals surface area contributed by atoms with Crippen molar-refractivity contribution >= 4 is 11.3 Å². The molecule has 0 radical (unpaired) electrons. The van der Waals surface area contributed by atoms with Crippen LogP contribution in [0.25, 0.3) is 0 Å². The molecule has 15 heavy (non-hydrogen) atoms. The number of hydrogen-bond donors (Lipinski definition) is 1. The second-order valence-electron chi connectivity index (χ2n) is 3.82. The lowest BCUT2D eigenvalue weighted by Gasteiger charge is -2.12. The molecule has 0 saturated carbocycles. The molecule has 82 valence electrons. The first-order valence-corrected chi connectivity index (χ1v) is 6.20. The van der Waals surface area contributed by atoms with Gasteiger partial charge in [0, 0.05) is 22.3 Å². The highest BCUT2D eigenvalue weighted by molar-refractivity contribution is 7.12. The molecular weight excluding hydrogens is 204 g/mol. The van der Waals surface area contributed by atoms with Crippen LogP contribution in [0.2, 0.25) is 0 Å². The summed E-state index contributed by atoms with van der Waals surface area (Å²) in [5, 5.41) is 12.0. The van der Waals surface area contributed by atoms with Gasteiger partial charge in [-0.15, -0.1) is 11.3 Å². The van der Waals surface area contributed by atoms with E-state index >= 15 is 0 Å². The van der Waals surface area contributed by atoms with Crippen molar-refractivity contribution in [2.24, 2.45) is 5.92 Å². The first kappa shape index (κ1) is 12.2. The molecule has 2 atom stereocenters. The minimum absolute atomic E-state index is 0.0815. The molecule has 1 N–H and O–H groups in total. The molecule has 0 saturated heterocycles. The van der Waals surface area contributed by atoms with Crippen molar-refractivity contribution in [1.29, 1.82) is 5.26 Å². The van der Waals surface area contributed by atoms with Crippen LogP contribution in [0.4, 0.5) is 0 Å². The van der Waals surface area contributed by atoms with Gasteiger partial charge in [-0.05, 0) is 32.4 Å². The SMILES string of the molecule is CCc1ccc(C(C)NCC(C)C#N)s1. The lowest BCUT2D eigenvalue weighted by Crippen LogP contribution is -2.23. The van der Waals surface area contributed by atoms with Gasteiger partial charge in [-0.25, -0.2) is 0 Å². The summed E-state index contributed by atoms with van der Waals surface area (Å²) in [7, 11) is 0. The van der Waals surface area contributed by atoms with Gasteiger partial charge in [-0.2, -0.15) is 5.26 Å². The van der Waals surface area contributed by atoms with Crippen LogP contribution >= 0.6 is 11.3 Å². The summed E-state index contributed by atoms with van der Waals surface area (Å²) < 4.78 is 0. The molecule has 0 amide bonds. The van der Waals surface area contributed by atoms with E-state index in [1.165, 1.54) is 9.75 Å². The quantitative estimate of drug-likeness (QED) is 0.831. The highest BCUT2D eigenvalue weighted by Crippen LogP contribution is 2.23. The van der Waals surface area contributed by atoms with Crippen molar-refractivity contribution in [1.82, 2.24) is 5.32 Å². The van der Waals surface area contributed by atoms with Gasteiger partial charge in [0.2, 0.25) is 0 Å². The number of hydrogen-bond acceptors (Lipinski definition) is 3. The van der Waals surface area contributed by atoms with Gasteiger partial charge in [-0.3, -0.25) is 0 Å². The number of aryl methyl sites for hydroxylation is 1. The molecule has 3 heteroatoms. The Hall–Kier alpha value is -0.850. The van der Waals surface area contributed by atoms with Gasteiger partial charge in [0.05, 0.1) is 12.0 Å². The van der Waals surface area contributed by atoms with Crippen LogP contribution in [0, 0.1) is 17.2 Å². The molecular formula is C12H18N2S. The van der Waals surface area contributed by atoms with Crippen molar-refractivity contribution in [3.8, 4) is 6.07 Å². The smallest absolute Gasteiger partial charge is 0.0666 e. The molecule has 1 aromatic rings. The zero-order valence-corrected chi connectivity index (χ0v) is 10.4. The zero-order valence-electron chi connectivity index (χ0n) is 9.58. The van der Waals surface area contributed by atoms with Crippen LogP contribution in [-0.2, 0) is 6.42 Å². The molecule has 0 aliphatic carbocycles. The predicted octanol–water partition coefficient (Wildman–Crippen LogP) is 3.12. The molecule has 1 aromatic heterocycles. The topological polar surface area (TPSA) is 35.8 Å². The molecule has 1 heterocycles. The van der Waals surface area contributed by atoms with E-state index in [-0.39, 0.29) is 5.92 Å². The number of nitrogens with zero attached hydrogens (tertiary/aromatic N) is 1. The summed E-state index contributed by atoms with van der Waals surface area (Å²) in [6.07, 6.45) is 1.10. The summed E-state index contributed by atoms with van der Waals surface area (Å²) in [5.74, 6) is 0.0815. The Labute approximate surface area is 95.9 Å². The maximum Gasteiger partial charge on any atom is 0.0666 e. The first-order valence-electron chi connectivity index (χ1n) is 5.39. The summed E-state index contributed by atoms with van der Waals surface area (Å²) in [5.41, 5.74) is 0. The van der Waals surface area contributed by atoms with Gasteiger partial charge >= 0.3 is 0 Å². The minimum atomic E-state index is 0.0815. The van der Waals surface area contributed by atoms with Crippen molar-refractivity contribution < 1.29 is 0 Å². The van der Waals surface area contributed by atoms with Crippen LogP contribution < -0.4 is 5.32 Å². The van der Waals surface area contributed by atoms with E-state index in [9.17, 15) is 0 Å². The fourth-order valence-electron chi connectivity index (χ4n) is 1.32. The maximum atomic E-state index is 8.67. The van der Waals surface area contributed by atoms with Gasteiger partial charge in [0.25, 0.3) is 0 Å². The highest BCUT2D eigenvalue weighted by Gasteiger charge is 2.08. The van der Waals surface area contributed by atoms with Gasteiger partial charge in [-0.1, -0.05) is 6.92 Å². The Morgan fingerprint density at radius 2 is 2.20 bits per heavy atom. The zero-order chi connectivity index (χ0) is 11.3. The fraction of sp³-hybridized carbons (Fsp3) is 0.583. The Kier molecular flexibility index (Phi) is 4.80. The van der Waals surface area contributed by atoms with E-state index in [1.807, 2.05) is 18.3 Å². The number of rotatable bonds is 5. The van der Waals surface area contributed by atoms with Crippen molar-refractivity contribution in [3.05, 3.63) is 21.9 Å². The Morgan fingerprint density at radius 3 is 2.73 bits per heavy atom. The van der Waals surface area contributed by atoms with Crippen molar-refractivity contribution in [3.63, 3.8) is 0 Å². The third-order valence-corrected chi connectivity index (χ3v) is 3.82. The molecule has 0 aromatic carbocycles. The van der Waals surface area contributed by atoms with Crippen molar-refractivity contribution in [2.45, 2.75) is 33.2 Å². The Morgan fingerprint density at radius 1 is 1.47 bits per heavy atom. The third-order valence-electron chi connectivity index (χ3n) is 2.41. The highest BCUT2D eigenvalue weighted by atomic mass is 32.1. The van der Waals surface area contributed by atoms with E-state index in [0.717, 1.165) is 13.0 Å². The lowest BCUT2D eigenvalue weighted by atomic mass is 10.2. The molecule has 0 aliphatic heterocycles. The second kappa shape index (κ2) is 5.89. The van der Waals surface area contributed by atoms with Crippen LogP contribution in [0.5, 0.6) is 0 Å². The van der Waals surface area contributed by atoms with Crippen LogP contribution in [0.15, 0.2) is 12.1 Å². The fourth-order valence-corrected chi connectivity index (χ4v) is 2.30. The summed E-state index contributed by atoms with van der Waals surface area (Å²) in [6, 6.07) is 6.95. The standard InChI is InChI=1S/C12H18N2S/c1-4-11-5-6-12(15-11)10(3)14-8-9(2)7-13/h5-6,9-10,14H,4,8H2,1-3H3. The van der Waals surface area contributed by atoms with E-state index < -0.39 is 0 Å². The first-order chi connectivity index (χ1) is 7.17. The molecule has 0 spiro atoms. The number of thiophene rings is 1. The second-order valence-corrected chi connectivity index (χ2v) is 5.02. The van der Waals surface area contributed by atoms with Gasteiger partial charge in [0.1, 0.15) is 0 Å². The van der Waals surface area contributed by atoms with Crippen LogP contribution in [-0.4, -0.2) is 6.54 Å². The van der Waals surface area contributed by atoms with Crippen molar-refractivity contribution in [2.75, 3.05) is 6.54 Å². The molecule has 2 unspecified atom stereocenters. The average molecular weight is 222 g/mol. The molecule has 1 rings (SSSR count). The molecule has 0 aliphatic rings. The molecule has 2 nitrogen and oxygen atoms in total. The predicted molar refractivity (Wildman–Crippen MR) is 64.9 cm³/mol. The normalized spacial score (nSPS) is 14.5. The maximum absolute atomic E-state index is 8.67. The number of nitriles is 1. The Bertz CT molecular complexity index is 338. The Balaban J connectivity index is 2.47. The monoisotopic (exact) mass is 222 g/mol. The number of nitrogens with one attached hydrogen (secondary N) is 1. The largest absolute Gasteiger partial charge is 0.308 e. The van der Waals surface area contributed by atoms with E-state index in [4.69, 9.17) is 5.26 Å². The molecule has 0 fully saturated rings. The average Bonchev–Trinajstić information content (AvgIpc) is 2.73. The summed E-state index contributed by atoms with van der Waals surface area (Å²) in [6.45, 7) is 7.02. The van der Waals surface area contributed by atoms with Crippen LogP contribution in [0.1, 0.15) is 36.6 Å². The van der Waals surface area contributed by atoms with E-state index in [0.29, 0.717) is 6.04 Å². The third kappa shape index (κ3) is 3.65.